The lowest BCUT2D eigenvalue weighted by Gasteiger charge is -2.12. The number of nitrogens with zero attached hydrogens (tertiary/aromatic N) is 1. The zero-order valence-corrected chi connectivity index (χ0v) is 13.0. The highest BCUT2D eigenvalue weighted by Crippen LogP contribution is 2.29. The van der Waals surface area contributed by atoms with Crippen LogP contribution in [0, 0.1) is 13.8 Å². The zero-order valence-electron chi connectivity index (χ0n) is 13.0. The van der Waals surface area contributed by atoms with Gasteiger partial charge in [-0.05, 0) is 37.6 Å². The van der Waals surface area contributed by atoms with Crippen molar-refractivity contribution in [2.24, 2.45) is 0 Å². The second-order valence-electron chi connectivity index (χ2n) is 5.01. The lowest BCUT2D eigenvalue weighted by Crippen LogP contribution is -2.13. The van der Waals surface area contributed by atoms with E-state index in [9.17, 15) is 5.11 Å². The maximum absolute atomic E-state index is 9.98. The van der Waals surface area contributed by atoms with Gasteiger partial charge in [0.15, 0.2) is 11.5 Å². The minimum absolute atomic E-state index is 0.0712. The molecule has 0 aliphatic rings. The Bertz CT molecular complexity index is 663. The number of nitrogens with one attached hydrogen (secondary N) is 1. The number of hydrogen-bond acceptors (Lipinski definition) is 5. The molecular formula is C17H20N2O3. The highest BCUT2D eigenvalue weighted by molar-refractivity contribution is 5.58. The Morgan fingerprint density at radius 2 is 2.09 bits per heavy atom. The number of aryl methyl sites for hydroxylation is 2. The molecule has 0 fully saturated rings. The largest absolute Gasteiger partial charge is 0.504 e. The maximum Gasteiger partial charge on any atom is 0.163 e. The molecule has 2 N–H and O–H groups in total. The average Bonchev–Trinajstić information content (AvgIpc) is 2.48. The van der Waals surface area contributed by atoms with Gasteiger partial charge in [-0.2, -0.15) is 0 Å². The first-order valence-electron chi connectivity index (χ1n) is 6.88. The van der Waals surface area contributed by atoms with E-state index in [2.05, 4.69) is 17.0 Å². The number of benzene rings is 1. The van der Waals surface area contributed by atoms with E-state index in [4.69, 9.17) is 9.57 Å². The first-order chi connectivity index (χ1) is 10.5. The van der Waals surface area contributed by atoms with Gasteiger partial charge in [0.05, 0.1) is 18.5 Å². The third-order valence-electron chi connectivity index (χ3n) is 3.13. The Kier molecular flexibility index (Phi) is 5.01. The van der Waals surface area contributed by atoms with Gasteiger partial charge in [-0.15, -0.1) is 0 Å². The molecule has 0 aliphatic carbocycles. The lowest BCUT2D eigenvalue weighted by molar-refractivity contribution is 0.0631. The fourth-order valence-electron chi connectivity index (χ4n) is 2.10. The van der Waals surface area contributed by atoms with Crippen LogP contribution in [0.5, 0.6) is 11.5 Å². The molecule has 0 saturated heterocycles. The van der Waals surface area contributed by atoms with Gasteiger partial charge in [0, 0.05) is 11.3 Å². The van der Waals surface area contributed by atoms with Crippen LogP contribution >= 0.6 is 0 Å². The molecule has 1 aromatic heterocycles. The van der Waals surface area contributed by atoms with Gasteiger partial charge in [-0.3, -0.25) is 15.3 Å². The number of phenols is 1. The van der Waals surface area contributed by atoms with Crippen molar-refractivity contribution in [1.82, 2.24) is 10.5 Å². The van der Waals surface area contributed by atoms with Crippen LogP contribution in [0.1, 0.15) is 22.5 Å². The number of para-hydroxylation sites is 1. The van der Waals surface area contributed by atoms with Crippen LogP contribution < -0.4 is 10.2 Å². The molecular weight excluding hydrogens is 280 g/mol. The van der Waals surface area contributed by atoms with Crippen LogP contribution in [0.15, 0.2) is 36.9 Å². The van der Waals surface area contributed by atoms with Gasteiger partial charge in [0.25, 0.3) is 0 Å². The second kappa shape index (κ2) is 6.95. The van der Waals surface area contributed by atoms with E-state index in [0.717, 1.165) is 17.0 Å². The van der Waals surface area contributed by atoms with Gasteiger partial charge < -0.3 is 9.84 Å². The van der Waals surface area contributed by atoms with Gasteiger partial charge in [-0.1, -0.05) is 18.7 Å². The quantitative estimate of drug-likeness (QED) is 0.803. The Hall–Kier alpha value is -2.53. The summed E-state index contributed by atoms with van der Waals surface area (Å²) >= 11 is 0. The molecule has 2 aromatic rings. The number of methoxy groups -OCH3 is 1. The minimum Gasteiger partial charge on any atom is -0.504 e. The molecule has 0 spiro atoms. The number of ether oxygens (including phenoxy) is 1. The SMILES string of the molecule is C=C(NOCc1cccc(OC)c1O)c1cc(C)cc(C)n1. The maximum atomic E-state index is 9.98. The summed E-state index contributed by atoms with van der Waals surface area (Å²) in [4.78, 5) is 9.78. The number of rotatable bonds is 6. The molecule has 0 radical (unpaired) electrons. The fourth-order valence-corrected chi connectivity index (χ4v) is 2.10. The minimum atomic E-state index is 0.0712. The van der Waals surface area contributed by atoms with Crippen molar-refractivity contribution in [3.05, 3.63) is 59.4 Å². The smallest absolute Gasteiger partial charge is 0.163 e. The van der Waals surface area contributed by atoms with Crippen molar-refractivity contribution in [1.29, 1.82) is 0 Å². The van der Waals surface area contributed by atoms with Crippen LogP contribution in [0.25, 0.3) is 5.70 Å². The molecule has 0 aliphatic heterocycles. The summed E-state index contributed by atoms with van der Waals surface area (Å²) < 4.78 is 5.06. The van der Waals surface area contributed by atoms with E-state index in [0.29, 0.717) is 17.0 Å². The van der Waals surface area contributed by atoms with E-state index in [-0.39, 0.29) is 12.4 Å². The van der Waals surface area contributed by atoms with Crippen molar-refractivity contribution < 1.29 is 14.7 Å². The molecule has 0 atom stereocenters. The van der Waals surface area contributed by atoms with Gasteiger partial charge in [0.2, 0.25) is 0 Å². The van der Waals surface area contributed by atoms with Crippen LogP contribution in [0.3, 0.4) is 0 Å². The Morgan fingerprint density at radius 3 is 2.77 bits per heavy atom. The van der Waals surface area contributed by atoms with Crippen molar-refractivity contribution in [2.75, 3.05) is 7.11 Å². The normalized spacial score (nSPS) is 10.3. The number of aromatic hydroxyl groups is 1. The van der Waals surface area contributed by atoms with Crippen molar-refractivity contribution >= 4 is 5.70 Å². The molecule has 0 saturated carbocycles. The Balaban J connectivity index is 1.97. The van der Waals surface area contributed by atoms with Crippen LogP contribution in [-0.4, -0.2) is 17.2 Å². The molecule has 1 aromatic carbocycles. The van der Waals surface area contributed by atoms with Crippen LogP contribution in [0.2, 0.25) is 0 Å². The first kappa shape index (κ1) is 15.9. The summed E-state index contributed by atoms with van der Waals surface area (Å²) in [5.41, 5.74) is 6.70. The van der Waals surface area contributed by atoms with Crippen molar-refractivity contribution in [3.63, 3.8) is 0 Å². The van der Waals surface area contributed by atoms with E-state index in [1.165, 1.54) is 7.11 Å². The zero-order chi connectivity index (χ0) is 16.1. The highest BCUT2D eigenvalue weighted by atomic mass is 16.6. The summed E-state index contributed by atoms with van der Waals surface area (Å²) in [7, 11) is 1.51. The van der Waals surface area contributed by atoms with E-state index < -0.39 is 0 Å². The molecule has 0 bridgehead atoms. The summed E-state index contributed by atoms with van der Waals surface area (Å²) in [6.07, 6.45) is 0. The Labute approximate surface area is 130 Å². The highest BCUT2D eigenvalue weighted by Gasteiger charge is 2.08. The number of hydrogen-bond donors (Lipinski definition) is 2. The average molecular weight is 300 g/mol. The fraction of sp³-hybridized carbons (Fsp3) is 0.235. The molecule has 116 valence electrons. The van der Waals surface area contributed by atoms with Crippen LogP contribution in [-0.2, 0) is 11.4 Å². The lowest BCUT2D eigenvalue weighted by atomic mass is 10.2. The standard InChI is InChI=1S/C17H20N2O3/c1-11-8-12(2)18-15(9-11)13(3)19-22-10-14-6-5-7-16(21-4)17(14)20/h5-9,19-20H,3,10H2,1-2,4H3. The molecule has 1 heterocycles. The summed E-state index contributed by atoms with van der Waals surface area (Å²) in [6, 6.07) is 9.15. The topological polar surface area (TPSA) is 63.6 Å². The number of phenolic OH excluding ortho intramolecular Hbond substituents is 1. The van der Waals surface area contributed by atoms with Gasteiger partial charge in [0.1, 0.15) is 6.61 Å². The number of aromatic nitrogens is 1. The predicted molar refractivity (Wildman–Crippen MR) is 85.3 cm³/mol. The van der Waals surface area contributed by atoms with Gasteiger partial charge in [-0.25, -0.2) is 0 Å². The molecule has 0 amide bonds. The van der Waals surface area contributed by atoms with E-state index in [1.54, 1.807) is 18.2 Å². The van der Waals surface area contributed by atoms with Crippen LogP contribution in [0.4, 0.5) is 0 Å². The number of hydroxylamine groups is 1. The summed E-state index contributed by atoms with van der Waals surface area (Å²) in [6.45, 7) is 8.01. The van der Waals surface area contributed by atoms with E-state index in [1.807, 2.05) is 26.0 Å². The molecule has 2 rings (SSSR count). The van der Waals surface area contributed by atoms with E-state index >= 15 is 0 Å². The summed E-state index contributed by atoms with van der Waals surface area (Å²) in [5.74, 6) is 0.484. The summed E-state index contributed by atoms with van der Waals surface area (Å²) in [5, 5.41) is 9.98. The second-order valence-corrected chi connectivity index (χ2v) is 5.01. The molecule has 0 unspecified atom stereocenters. The third-order valence-corrected chi connectivity index (χ3v) is 3.13. The van der Waals surface area contributed by atoms with Crippen molar-refractivity contribution in [3.8, 4) is 11.5 Å². The molecule has 22 heavy (non-hydrogen) atoms. The third kappa shape index (κ3) is 3.77. The predicted octanol–water partition coefficient (Wildman–Crippen LogP) is 3.10. The Morgan fingerprint density at radius 1 is 1.32 bits per heavy atom. The van der Waals surface area contributed by atoms with Crippen molar-refractivity contribution in [2.45, 2.75) is 20.5 Å². The number of pyridine rings is 1. The molecule has 5 nitrogen and oxygen atoms in total. The monoisotopic (exact) mass is 300 g/mol. The first-order valence-corrected chi connectivity index (χ1v) is 6.88. The van der Waals surface area contributed by atoms with Gasteiger partial charge >= 0.3 is 0 Å². The molecule has 5 heteroatoms.